The fraction of sp³-hybridized carbons (Fsp3) is 0.0217. The molecule has 238 valence electrons. The van der Waals surface area contributed by atoms with E-state index in [1.165, 1.54) is 31.3 Å². The number of furan rings is 1. The zero-order chi connectivity index (χ0) is 33.5. The number of benzene rings is 7. The molecule has 0 spiro atoms. The second-order valence-corrected chi connectivity index (χ2v) is 14.2. The van der Waals surface area contributed by atoms with E-state index in [9.17, 15) is 0 Å². The van der Waals surface area contributed by atoms with E-state index in [1.807, 2.05) is 53.8 Å². The Bertz CT molecular complexity index is 2950. The van der Waals surface area contributed by atoms with Crippen LogP contribution in [0, 0.1) is 0 Å². The summed E-state index contributed by atoms with van der Waals surface area (Å²) in [7, 11) is 0. The third-order valence-corrected chi connectivity index (χ3v) is 11.5. The van der Waals surface area contributed by atoms with Gasteiger partial charge in [0, 0.05) is 42.1 Å². The van der Waals surface area contributed by atoms with E-state index in [0.29, 0.717) is 17.5 Å². The molecule has 51 heavy (non-hydrogen) atoms. The summed E-state index contributed by atoms with van der Waals surface area (Å²) in [6, 6.07) is 57.6. The highest BCUT2D eigenvalue weighted by molar-refractivity contribution is 7.25. The van der Waals surface area contributed by atoms with Crippen LogP contribution in [0.4, 0.5) is 0 Å². The quantitative estimate of drug-likeness (QED) is 0.187. The molecule has 1 aliphatic carbocycles. The number of hydrogen-bond donors (Lipinski definition) is 0. The second kappa shape index (κ2) is 10.8. The van der Waals surface area contributed by atoms with Gasteiger partial charge in [0.25, 0.3) is 0 Å². The molecule has 0 unspecified atom stereocenters. The first-order valence-electron chi connectivity index (χ1n) is 17.1. The summed E-state index contributed by atoms with van der Waals surface area (Å²) in [5.74, 6) is 1.93. The fourth-order valence-corrected chi connectivity index (χ4v) is 9.45. The van der Waals surface area contributed by atoms with Crippen LogP contribution in [-0.4, -0.2) is 15.0 Å². The maximum Gasteiger partial charge on any atom is 0.164 e. The van der Waals surface area contributed by atoms with Crippen LogP contribution in [0.2, 0.25) is 0 Å². The summed E-state index contributed by atoms with van der Waals surface area (Å²) >= 11 is 1.83. The Balaban J connectivity index is 1.33. The molecule has 3 aromatic heterocycles. The Labute approximate surface area is 297 Å². The van der Waals surface area contributed by atoms with Gasteiger partial charge in [0.1, 0.15) is 16.6 Å². The molecule has 0 N–H and O–H groups in total. The average Bonchev–Trinajstić information content (AvgIpc) is 3.87. The number of fused-ring (bicyclic) bond motifs is 9. The van der Waals surface area contributed by atoms with Crippen LogP contribution < -0.4 is 0 Å². The maximum atomic E-state index is 6.35. The highest BCUT2D eigenvalue weighted by atomic mass is 32.1. The zero-order valence-electron chi connectivity index (χ0n) is 27.2. The molecule has 11 rings (SSSR count). The van der Waals surface area contributed by atoms with Crippen molar-refractivity contribution in [3.8, 4) is 33.9 Å². The highest BCUT2D eigenvalue weighted by Crippen LogP contribution is 2.57. The zero-order valence-corrected chi connectivity index (χ0v) is 28.1. The van der Waals surface area contributed by atoms with E-state index in [0.717, 1.165) is 49.8 Å². The third-order valence-electron chi connectivity index (χ3n) is 10.4. The van der Waals surface area contributed by atoms with Crippen molar-refractivity contribution in [3.63, 3.8) is 0 Å². The largest absolute Gasteiger partial charge is 0.456 e. The standard InChI is InChI=1S/C46H27N3OS/c1-2-14-28(15-3-1)43-47-44(33-20-12-25-38-41(33)31-18-6-10-24-37(31)50-38)49-45(48-43)46(34-21-8-4-16-29(34)30-17-5-9-22-35(30)46)36-23-13-27-40-42(36)32-19-7-11-26-39(32)51-40/h1-27H. The van der Waals surface area contributed by atoms with Crippen molar-refractivity contribution < 1.29 is 4.42 Å². The third kappa shape index (κ3) is 3.98. The van der Waals surface area contributed by atoms with Crippen molar-refractivity contribution >= 4 is 53.4 Å². The molecule has 1 aliphatic rings. The van der Waals surface area contributed by atoms with Gasteiger partial charge in [-0.05, 0) is 52.1 Å². The van der Waals surface area contributed by atoms with Crippen LogP contribution in [0.25, 0.3) is 76.0 Å². The van der Waals surface area contributed by atoms with E-state index in [-0.39, 0.29) is 0 Å². The SMILES string of the molecule is c1ccc(-c2nc(-c3cccc4oc5ccccc5c34)nc(C3(c4cccc5sc6ccccc6c45)c4ccccc4-c4ccccc43)n2)cc1. The molecule has 0 aliphatic heterocycles. The van der Waals surface area contributed by atoms with E-state index >= 15 is 0 Å². The molecule has 0 bridgehead atoms. The molecule has 4 nitrogen and oxygen atoms in total. The molecular weight excluding hydrogens is 643 g/mol. The Kier molecular flexibility index (Phi) is 6.01. The van der Waals surface area contributed by atoms with Crippen LogP contribution in [-0.2, 0) is 5.41 Å². The van der Waals surface area contributed by atoms with Crippen molar-refractivity contribution in [2.24, 2.45) is 0 Å². The first kappa shape index (κ1) is 28.4. The van der Waals surface area contributed by atoms with E-state index in [4.69, 9.17) is 19.4 Å². The van der Waals surface area contributed by atoms with Gasteiger partial charge in [-0.2, -0.15) is 0 Å². The minimum absolute atomic E-state index is 0.611. The maximum absolute atomic E-state index is 6.35. The molecule has 10 aromatic rings. The lowest BCUT2D eigenvalue weighted by atomic mass is 9.70. The number of nitrogens with zero attached hydrogens (tertiary/aromatic N) is 3. The van der Waals surface area contributed by atoms with Gasteiger partial charge in [-0.25, -0.2) is 15.0 Å². The Morgan fingerprint density at radius 3 is 1.82 bits per heavy atom. The Morgan fingerprint density at radius 1 is 0.412 bits per heavy atom. The predicted octanol–water partition coefficient (Wildman–Crippen LogP) is 11.8. The van der Waals surface area contributed by atoms with Gasteiger partial charge >= 0.3 is 0 Å². The van der Waals surface area contributed by atoms with E-state index in [2.05, 4.69) is 121 Å². The first-order chi connectivity index (χ1) is 25.3. The van der Waals surface area contributed by atoms with Crippen LogP contribution >= 0.6 is 11.3 Å². The van der Waals surface area contributed by atoms with Gasteiger partial charge in [-0.15, -0.1) is 11.3 Å². The number of aromatic nitrogens is 3. The van der Waals surface area contributed by atoms with Gasteiger partial charge in [-0.1, -0.05) is 140 Å². The lowest BCUT2D eigenvalue weighted by Crippen LogP contribution is -2.32. The lowest BCUT2D eigenvalue weighted by Gasteiger charge is -2.32. The van der Waals surface area contributed by atoms with Crippen LogP contribution in [0.1, 0.15) is 22.5 Å². The van der Waals surface area contributed by atoms with E-state index in [1.54, 1.807) is 0 Å². The van der Waals surface area contributed by atoms with E-state index < -0.39 is 5.41 Å². The molecular formula is C46H27N3OS. The molecule has 0 amide bonds. The molecule has 7 aromatic carbocycles. The van der Waals surface area contributed by atoms with Crippen LogP contribution in [0.15, 0.2) is 168 Å². The molecule has 0 radical (unpaired) electrons. The predicted molar refractivity (Wildman–Crippen MR) is 208 cm³/mol. The van der Waals surface area contributed by atoms with Gasteiger partial charge in [-0.3, -0.25) is 0 Å². The number of hydrogen-bond acceptors (Lipinski definition) is 5. The molecule has 0 atom stereocenters. The number of para-hydroxylation sites is 1. The van der Waals surface area contributed by atoms with Crippen molar-refractivity contribution in [2.75, 3.05) is 0 Å². The molecule has 0 saturated heterocycles. The Morgan fingerprint density at radius 2 is 1.00 bits per heavy atom. The average molecular weight is 670 g/mol. The molecule has 0 fully saturated rings. The molecule has 0 saturated carbocycles. The van der Waals surface area contributed by atoms with Crippen LogP contribution in [0.5, 0.6) is 0 Å². The molecule has 5 heteroatoms. The van der Waals surface area contributed by atoms with Gasteiger partial charge in [0.15, 0.2) is 17.5 Å². The topological polar surface area (TPSA) is 51.8 Å². The van der Waals surface area contributed by atoms with Crippen molar-refractivity contribution in [1.82, 2.24) is 15.0 Å². The number of thiophene rings is 1. The van der Waals surface area contributed by atoms with Gasteiger partial charge < -0.3 is 4.42 Å². The van der Waals surface area contributed by atoms with Crippen LogP contribution in [0.3, 0.4) is 0 Å². The monoisotopic (exact) mass is 669 g/mol. The van der Waals surface area contributed by atoms with Gasteiger partial charge in [0.2, 0.25) is 0 Å². The van der Waals surface area contributed by atoms with Crippen molar-refractivity contribution in [3.05, 3.63) is 186 Å². The summed E-state index contributed by atoms with van der Waals surface area (Å²) in [5.41, 5.74) is 8.51. The first-order valence-corrected chi connectivity index (χ1v) is 17.9. The smallest absolute Gasteiger partial charge is 0.164 e. The Hall–Kier alpha value is -6.43. The lowest BCUT2D eigenvalue weighted by molar-refractivity contribution is 0.669. The minimum atomic E-state index is -0.843. The fourth-order valence-electron chi connectivity index (χ4n) is 8.32. The summed E-state index contributed by atoms with van der Waals surface area (Å²) in [5, 5.41) is 4.50. The minimum Gasteiger partial charge on any atom is -0.456 e. The summed E-state index contributed by atoms with van der Waals surface area (Å²) in [6.45, 7) is 0. The molecule has 3 heterocycles. The summed E-state index contributed by atoms with van der Waals surface area (Å²) in [4.78, 5) is 16.4. The summed E-state index contributed by atoms with van der Waals surface area (Å²) < 4.78 is 8.85. The number of rotatable bonds is 4. The second-order valence-electron chi connectivity index (χ2n) is 13.1. The van der Waals surface area contributed by atoms with Gasteiger partial charge in [0.05, 0.1) is 0 Å². The van der Waals surface area contributed by atoms with Crippen molar-refractivity contribution in [2.45, 2.75) is 5.41 Å². The van der Waals surface area contributed by atoms with Crippen molar-refractivity contribution in [1.29, 1.82) is 0 Å². The summed E-state index contributed by atoms with van der Waals surface area (Å²) in [6.07, 6.45) is 0. The normalized spacial score (nSPS) is 13.3. The highest BCUT2D eigenvalue weighted by Gasteiger charge is 2.50.